The van der Waals surface area contributed by atoms with Crippen LogP contribution in [-0.2, 0) is 4.79 Å². The highest BCUT2D eigenvalue weighted by molar-refractivity contribution is 7.99. The molecule has 0 aliphatic carbocycles. The summed E-state index contributed by atoms with van der Waals surface area (Å²) in [5.74, 6) is -0.127. The molecule has 0 unspecified atom stereocenters. The van der Waals surface area contributed by atoms with E-state index in [2.05, 4.69) is 20.8 Å². The number of rotatable bonds is 7. The number of thioether (sulfide) groups is 1. The third-order valence-electron chi connectivity index (χ3n) is 4.96. The molecule has 0 bridgehead atoms. The van der Waals surface area contributed by atoms with E-state index in [0.29, 0.717) is 28.1 Å². The van der Waals surface area contributed by atoms with Gasteiger partial charge in [0, 0.05) is 11.3 Å². The Labute approximate surface area is 195 Å². The lowest BCUT2D eigenvalue weighted by Crippen LogP contribution is -2.19. The average molecular weight is 459 g/mol. The Hall–Kier alpha value is -3.91. The van der Waals surface area contributed by atoms with Gasteiger partial charge < -0.3 is 15.1 Å². The second-order valence-corrected chi connectivity index (χ2v) is 8.30. The van der Waals surface area contributed by atoms with Gasteiger partial charge in [-0.25, -0.2) is 0 Å². The van der Waals surface area contributed by atoms with Crippen LogP contribution in [0, 0.1) is 13.8 Å². The standard InChI is InChI=1S/C25H22N4O3S/c1-16-12-13-18(14-17(16)2)24-28-29-25(32-24)33-15-22(30)27-21-11-7-6-10-20(21)23(31)26-19-8-4-3-5-9-19/h3-14H,15H2,1-2H3,(H,26,31)(H,27,30). The fourth-order valence-corrected chi connectivity index (χ4v) is 3.65. The van der Waals surface area contributed by atoms with Crippen LogP contribution < -0.4 is 10.6 Å². The van der Waals surface area contributed by atoms with Crippen molar-refractivity contribution in [1.29, 1.82) is 0 Å². The van der Waals surface area contributed by atoms with E-state index in [4.69, 9.17) is 4.42 Å². The van der Waals surface area contributed by atoms with Crippen LogP contribution in [0.4, 0.5) is 11.4 Å². The van der Waals surface area contributed by atoms with Gasteiger partial charge in [0.2, 0.25) is 11.8 Å². The molecular weight excluding hydrogens is 436 g/mol. The van der Waals surface area contributed by atoms with Crippen molar-refractivity contribution in [3.63, 3.8) is 0 Å². The van der Waals surface area contributed by atoms with E-state index < -0.39 is 0 Å². The predicted octanol–water partition coefficient (Wildman–Crippen LogP) is 5.34. The van der Waals surface area contributed by atoms with Gasteiger partial charge in [-0.15, -0.1) is 10.2 Å². The van der Waals surface area contributed by atoms with Crippen molar-refractivity contribution < 1.29 is 14.0 Å². The Balaban J connectivity index is 1.37. The van der Waals surface area contributed by atoms with Gasteiger partial charge in [0.25, 0.3) is 11.1 Å². The van der Waals surface area contributed by atoms with Crippen molar-refractivity contribution >= 4 is 35.0 Å². The molecule has 0 aliphatic heterocycles. The summed E-state index contributed by atoms with van der Waals surface area (Å²) < 4.78 is 5.69. The molecule has 4 aromatic rings. The lowest BCUT2D eigenvalue weighted by atomic mass is 10.1. The van der Waals surface area contributed by atoms with E-state index in [1.54, 1.807) is 36.4 Å². The highest BCUT2D eigenvalue weighted by Gasteiger charge is 2.15. The van der Waals surface area contributed by atoms with Gasteiger partial charge in [-0.1, -0.05) is 48.2 Å². The molecule has 0 saturated heterocycles. The first-order valence-electron chi connectivity index (χ1n) is 10.3. The number of aryl methyl sites for hydroxylation is 2. The fraction of sp³-hybridized carbons (Fsp3) is 0.120. The lowest BCUT2D eigenvalue weighted by molar-refractivity contribution is -0.113. The molecule has 1 heterocycles. The van der Waals surface area contributed by atoms with Crippen LogP contribution in [-0.4, -0.2) is 27.8 Å². The molecule has 7 nitrogen and oxygen atoms in total. The highest BCUT2D eigenvalue weighted by Crippen LogP contribution is 2.25. The van der Waals surface area contributed by atoms with Crippen LogP contribution in [0.3, 0.4) is 0 Å². The maximum atomic E-state index is 12.7. The molecule has 2 amide bonds. The summed E-state index contributed by atoms with van der Waals surface area (Å²) in [6.45, 7) is 4.06. The molecule has 0 fully saturated rings. The Morgan fingerprint density at radius 2 is 1.64 bits per heavy atom. The number of para-hydroxylation sites is 2. The number of carbonyl (C=O) groups excluding carboxylic acids is 2. The van der Waals surface area contributed by atoms with Gasteiger partial charge in [0.1, 0.15) is 0 Å². The highest BCUT2D eigenvalue weighted by atomic mass is 32.2. The number of carbonyl (C=O) groups is 2. The number of nitrogens with zero attached hydrogens (tertiary/aromatic N) is 2. The minimum Gasteiger partial charge on any atom is -0.411 e. The number of anilines is 2. The predicted molar refractivity (Wildman–Crippen MR) is 129 cm³/mol. The zero-order valence-electron chi connectivity index (χ0n) is 18.2. The number of hydrogen-bond donors (Lipinski definition) is 2. The zero-order chi connectivity index (χ0) is 23.2. The largest absolute Gasteiger partial charge is 0.411 e. The van der Waals surface area contributed by atoms with Gasteiger partial charge in [0.05, 0.1) is 17.0 Å². The molecule has 0 radical (unpaired) electrons. The summed E-state index contributed by atoms with van der Waals surface area (Å²) in [4.78, 5) is 25.2. The second kappa shape index (κ2) is 10.1. The topological polar surface area (TPSA) is 97.1 Å². The van der Waals surface area contributed by atoms with Gasteiger partial charge >= 0.3 is 0 Å². The summed E-state index contributed by atoms with van der Waals surface area (Å²) in [6.07, 6.45) is 0. The molecule has 2 N–H and O–H groups in total. The fourth-order valence-electron chi connectivity index (χ4n) is 3.08. The maximum absolute atomic E-state index is 12.7. The summed E-state index contributed by atoms with van der Waals surface area (Å²) in [7, 11) is 0. The van der Waals surface area contributed by atoms with Crippen LogP contribution in [0.25, 0.3) is 11.5 Å². The molecule has 0 spiro atoms. The van der Waals surface area contributed by atoms with E-state index in [9.17, 15) is 9.59 Å². The molecule has 33 heavy (non-hydrogen) atoms. The quantitative estimate of drug-likeness (QED) is 0.363. The van der Waals surface area contributed by atoms with Gasteiger partial charge in [0.15, 0.2) is 0 Å². The van der Waals surface area contributed by atoms with Crippen molar-refractivity contribution in [1.82, 2.24) is 10.2 Å². The minimum absolute atomic E-state index is 0.0587. The Kier molecular flexibility index (Phi) is 6.85. The molecule has 0 atom stereocenters. The third-order valence-corrected chi connectivity index (χ3v) is 5.78. The maximum Gasteiger partial charge on any atom is 0.277 e. The summed E-state index contributed by atoms with van der Waals surface area (Å²) in [6, 6.07) is 21.9. The number of nitrogens with one attached hydrogen (secondary N) is 2. The zero-order valence-corrected chi connectivity index (χ0v) is 19.0. The smallest absolute Gasteiger partial charge is 0.277 e. The molecule has 0 aliphatic rings. The van der Waals surface area contributed by atoms with Crippen LogP contribution in [0.15, 0.2) is 82.4 Å². The van der Waals surface area contributed by atoms with E-state index in [0.717, 1.165) is 22.9 Å². The first kappa shape index (κ1) is 22.3. The summed E-state index contributed by atoms with van der Waals surface area (Å²) in [5, 5.41) is 14.0. The van der Waals surface area contributed by atoms with Crippen molar-refractivity contribution in [2.45, 2.75) is 19.1 Å². The van der Waals surface area contributed by atoms with Crippen molar-refractivity contribution in [2.24, 2.45) is 0 Å². The Morgan fingerprint density at radius 3 is 2.42 bits per heavy atom. The first-order valence-corrected chi connectivity index (χ1v) is 11.3. The molecule has 1 aromatic heterocycles. The molecule has 4 rings (SSSR count). The number of hydrogen-bond acceptors (Lipinski definition) is 6. The number of aromatic nitrogens is 2. The van der Waals surface area contributed by atoms with E-state index >= 15 is 0 Å². The van der Waals surface area contributed by atoms with E-state index in [-0.39, 0.29) is 17.6 Å². The monoisotopic (exact) mass is 458 g/mol. The van der Waals surface area contributed by atoms with E-state index in [1.807, 2.05) is 50.2 Å². The minimum atomic E-state index is -0.306. The summed E-state index contributed by atoms with van der Waals surface area (Å²) >= 11 is 1.13. The molecule has 0 saturated carbocycles. The SMILES string of the molecule is Cc1ccc(-c2nnc(SCC(=O)Nc3ccccc3C(=O)Nc3ccccc3)o2)cc1C. The van der Waals surface area contributed by atoms with Crippen LogP contribution in [0.5, 0.6) is 0 Å². The average Bonchev–Trinajstić information content (AvgIpc) is 3.30. The molecule has 3 aromatic carbocycles. The summed E-state index contributed by atoms with van der Waals surface area (Å²) in [5.41, 5.74) is 4.62. The van der Waals surface area contributed by atoms with Gasteiger partial charge in [-0.3, -0.25) is 9.59 Å². The van der Waals surface area contributed by atoms with E-state index in [1.165, 1.54) is 5.56 Å². The first-order chi connectivity index (χ1) is 16.0. The Bertz CT molecular complexity index is 1290. The normalized spacial score (nSPS) is 10.6. The van der Waals surface area contributed by atoms with Crippen molar-refractivity contribution in [3.05, 3.63) is 89.5 Å². The van der Waals surface area contributed by atoms with Crippen LogP contribution in [0.1, 0.15) is 21.5 Å². The molecule has 166 valence electrons. The van der Waals surface area contributed by atoms with Crippen molar-refractivity contribution in [3.8, 4) is 11.5 Å². The second-order valence-electron chi connectivity index (χ2n) is 7.37. The van der Waals surface area contributed by atoms with Crippen molar-refractivity contribution in [2.75, 3.05) is 16.4 Å². The lowest BCUT2D eigenvalue weighted by Gasteiger charge is -2.11. The number of amides is 2. The molecule has 8 heteroatoms. The number of benzene rings is 3. The van der Waals surface area contributed by atoms with Crippen LogP contribution >= 0.6 is 11.8 Å². The Morgan fingerprint density at radius 1 is 0.879 bits per heavy atom. The van der Waals surface area contributed by atoms with Gasteiger partial charge in [-0.2, -0.15) is 0 Å². The molecular formula is C25H22N4O3S. The third kappa shape index (κ3) is 5.67. The van der Waals surface area contributed by atoms with Crippen LogP contribution in [0.2, 0.25) is 0 Å². The van der Waals surface area contributed by atoms with Gasteiger partial charge in [-0.05, 0) is 61.4 Å².